The van der Waals surface area contributed by atoms with E-state index in [1.807, 2.05) is 63.2 Å². The Balaban J connectivity index is 1.84. The summed E-state index contributed by atoms with van der Waals surface area (Å²) in [5, 5.41) is -0.220. The molecule has 1 aliphatic heterocycles. The van der Waals surface area contributed by atoms with Gasteiger partial charge in [0.15, 0.2) is 0 Å². The van der Waals surface area contributed by atoms with Crippen LogP contribution in [0.5, 0.6) is 5.75 Å². The molecule has 3 rings (SSSR count). The van der Waals surface area contributed by atoms with Gasteiger partial charge < -0.3 is 4.74 Å². The largest absolute Gasteiger partial charge is 0.488 e. The average Bonchev–Trinajstić information content (AvgIpc) is 2.95. The lowest BCUT2D eigenvalue weighted by Gasteiger charge is -2.19. The Hall–Kier alpha value is -2.05. The van der Waals surface area contributed by atoms with Gasteiger partial charge in [0, 0.05) is 16.1 Å². The maximum atomic E-state index is 12.7. The fourth-order valence-corrected chi connectivity index (χ4v) is 4.09. The SMILES string of the molecule is CC[C@H](C)N1C(=O)S/C(=C/c2cc(Br)ccc2OCc2ccc(C)cc2)C1=O. The second-order valence-electron chi connectivity index (χ2n) is 6.77. The second kappa shape index (κ2) is 8.97. The van der Waals surface area contributed by atoms with E-state index in [1.54, 1.807) is 6.08 Å². The number of amides is 2. The highest BCUT2D eigenvalue weighted by atomic mass is 79.9. The number of carbonyl (C=O) groups excluding carboxylic acids is 2. The fraction of sp³-hybridized carbons (Fsp3) is 0.273. The van der Waals surface area contributed by atoms with Crippen LogP contribution in [0, 0.1) is 6.92 Å². The summed E-state index contributed by atoms with van der Waals surface area (Å²) in [7, 11) is 0. The first-order valence-corrected chi connectivity index (χ1v) is 10.7. The van der Waals surface area contributed by atoms with Crippen molar-refractivity contribution in [2.24, 2.45) is 0 Å². The molecule has 2 aromatic rings. The smallest absolute Gasteiger partial charge is 0.293 e. The first kappa shape index (κ1) is 20.7. The van der Waals surface area contributed by atoms with Crippen molar-refractivity contribution in [2.45, 2.75) is 39.8 Å². The van der Waals surface area contributed by atoms with Crippen LogP contribution in [-0.2, 0) is 11.4 Å². The van der Waals surface area contributed by atoms with Gasteiger partial charge in [-0.15, -0.1) is 0 Å². The lowest BCUT2D eigenvalue weighted by Crippen LogP contribution is -2.36. The Kier molecular flexibility index (Phi) is 6.62. The molecule has 0 radical (unpaired) electrons. The molecule has 0 N–H and O–H groups in total. The average molecular weight is 460 g/mol. The lowest BCUT2D eigenvalue weighted by atomic mass is 10.1. The highest BCUT2D eigenvalue weighted by Gasteiger charge is 2.37. The minimum absolute atomic E-state index is 0.113. The van der Waals surface area contributed by atoms with Gasteiger partial charge in [-0.25, -0.2) is 0 Å². The minimum atomic E-state index is -0.242. The predicted molar refractivity (Wildman–Crippen MR) is 117 cm³/mol. The van der Waals surface area contributed by atoms with Crippen molar-refractivity contribution in [2.75, 3.05) is 0 Å². The van der Waals surface area contributed by atoms with Crippen LogP contribution in [0.4, 0.5) is 4.79 Å². The monoisotopic (exact) mass is 459 g/mol. The third-order valence-corrected chi connectivity index (χ3v) is 6.01. The standard InChI is InChI=1S/C22H22BrNO3S/c1-4-15(3)24-21(25)20(28-22(24)26)12-17-11-18(23)9-10-19(17)27-13-16-7-5-14(2)6-8-16/h5-12,15H,4,13H2,1-3H3/b20-12+/t15-/m0/s1. The van der Waals surface area contributed by atoms with Crippen molar-refractivity contribution in [3.8, 4) is 5.75 Å². The van der Waals surface area contributed by atoms with Crippen LogP contribution in [0.1, 0.15) is 37.0 Å². The summed E-state index contributed by atoms with van der Waals surface area (Å²) in [6.45, 7) is 6.32. The van der Waals surface area contributed by atoms with Crippen molar-refractivity contribution in [1.82, 2.24) is 4.90 Å². The summed E-state index contributed by atoms with van der Waals surface area (Å²) in [4.78, 5) is 26.7. The molecule has 0 aliphatic carbocycles. The van der Waals surface area contributed by atoms with Crippen molar-refractivity contribution in [3.05, 3.63) is 68.5 Å². The molecule has 4 nitrogen and oxygen atoms in total. The van der Waals surface area contributed by atoms with Crippen molar-refractivity contribution in [3.63, 3.8) is 0 Å². The zero-order valence-corrected chi connectivity index (χ0v) is 18.5. The molecule has 0 aromatic heterocycles. The second-order valence-corrected chi connectivity index (χ2v) is 8.67. The van der Waals surface area contributed by atoms with Gasteiger partial charge in [-0.05, 0) is 61.9 Å². The van der Waals surface area contributed by atoms with Gasteiger partial charge in [0.1, 0.15) is 12.4 Å². The molecule has 2 aromatic carbocycles. The third kappa shape index (κ3) is 4.67. The normalized spacial score (nSPS) is 16.7. The van der Waals surface area contributed by atoms with E-state index in [0.29, 0.717) is 17.3 Å². The molecule has 0 saturated carbocycles. The molecule has 1 saturated heterocycles. The van der Waals surface area contributed by atoms with E-state index in [2.05, 4.69) is 15.9 Å². The maximum absolute atomic E-state index is 12.7. The highest BCUT2D eigenvalue weighted by molar-refractivity contribution is 9.10. The summed E-state index contributed by atoms with van der Waals surface area (Å²) in [6, 6.07) is 13.7. The van der Waals surface area contributed by atoms with Crippen LogP contribution >= 0.6 is 27.7 Å². The zero-order chi connectivity index (χ0) is 20.3. The molecule has 6 heteroatoms. The van der Waals surface area contributed by atoms with Crippen LogP contribution in [0.3, 0.4) is 0 Å². The summed E-state index contributed by atoms with van der Waals surface area (Å²) in [5.74, 6) is 0.424. The number of benzene rings is 2. The van der Waals surface area contributed by atoms with Crippen LogP contribution < -0.4 is 4.74 Å². The van der Waals surface area contributed by atoms with Crippen molar-refractivity contribution < 1.29 is 14.3 Å². The van der Waals surface area contributed by atoms with Gasteiger partial charge in [-0.1, -0.05) is 52.7 Å². The van der Waals surface area contributed by atoms with Gasteiger partial charge in [0.25, 0.3) is 11.1 Å². The maximum Gasteiger partial charge on any atom is 0.293 e. The number of halogens is 1. The van der Waals surface area contributed by atoms with Crippen molar-refractivity contribution >= 4 is 44.9 Å². The minimum Gasteiger partial charge on any atom is -0.488 e. The summed E-state index contributed by atoms with van der Waals surface area (Å²) >= 11 is 4.45. The Morgan fingerprint density at radius 2 is 1.89 bits per heavy atom. The van der Waals surface area contributed by atoms with Crippen LogP contribution in [0.2, 0.25) is 0 Å². The summed E-state index contributed by atoms with van der Waals surface area (Å²) in [6.07, 6.45) is 2.47. The number of carbonyl (C=O) groups is 2. The lowest BCUT2D eigenvalue weighted by molar-refractivity contribution is -0.124. The molecule has 0 bridgehead atoms. The molecular formula is C22H22BrNO3S. The molecular weight excluding hydrogens is 438 g/mol. The molecule has 1 atom stereocenters. The molecule has 28 heavy (non-hydrogen) atoms. The van der Waals surface area contributed by atoms with E-state index in [9.17, 15) is 9.59 Å². The summed E-state index contributed by atoms with van der Waals surface area (Å²) < 4.78 is 6.88. The number of thioether (sulfide) groups is 1. The molecule has 1 heterocycles. The summed E-state index contributed by atoms with van der Waals surface area (Å²) in [5.41, 5.74) is 3.03. The Morgan fingerprint density at radius 3 is 2.57 bits per heavy atom. The zero-order valence-electron chi connectivity index (χ0n) is 16.1. The number of ether oxygens (including phenoxy) is 1. The van der Waals surface area contributed by atoms with E-state index in [-0.39, 0.29) is 17.2 Å². The molecule has 146 valence electrons. The van der Waals surface area contributed by atoms with E-state index in [4.69, 9.17) is 4.74 Å². The molecule has 1 fully saturated rings. The van der Waals surface area contributed by atoms with Crippen molar-refractivity contribution in [1.29, 1.82) is 0 Å². The first-order chi connectivity index (χ1) is 13.4. The molecule has 2 amide bonds. The van der Waals surface area contributed by atoms with Crippen LogP contribution in [0.25, 0.3) is 6.08 Å². The highest BCUT2D eigenvalue weighted by Crippen LogP contribution is 2.36. The van der Waals surface area contributed by atoms with E-state index < -0.39 is 0 Å². The van der Waals surface area contributed by atoms with E-state index in [0.717, 1.165) is 33.8 Å². The predicted octanol–water partition coefficient (Wildman–Crippen LogP) is 6.17. The quantitative estimate of drug-likeness (QED) is 0.484. The topological polar surface area (TPSA) is 46.6 Å². The molecule has 1 aliphatic rings. The Bertz CT molecular complexity index is 924. The van der Waals surface area contributed by atoms with Gasteiger partial charge in [-0.3, -0.25) is 14.5 Å². The Labute approximate surface area is 178 Å². The number of nitrogens with zero attached hydrogens (tertiary/aromatic N) is 1. The van der Waals surface area contributed by atoms with Gasteiger partial charge in [0.05, 0.1) is 4.91 Å². The number of aryl methyl sites for hydroxylation is 1. The van der Waals surface area contributed by atoms with Gasteiger partial charge in [-0.2, -0.15) is 0 Å². The van der Waals surface area contributed by atoms with Gasteiger partial charge >= 0.3 is 0 Å². The fourth-order valence-electron chi connectivity index (χ4n) is 2.79. The van der Waals surface area contributed by atoms with Gasteiger partial charge in [0.2, 0.25) is 0 Å². The third-order valence-electron chi connectivity index (χ3n) is 4.63. The van der Waals surface area contributed by atoms with E-state index in [1.165, 1.54) is 10.5 Å². The number of hydrogen-bond donors (Lipinski definition) is 0. The Morgan fingerprint density at radius 1 is 1.18 bits per heavy atom. The molecule has 0 unspecified atom stereocenters. The van der Waals surface area contributed by atoms with Crippen LogP contribution in [0.15, 0.2) is 51.8 Å². The first-order valence-electron chi connectivity index (χ1n) is 9.14. The number of rotatable bonds is 6. The van der Waals surface area contributed by atoms with Crippen LogP contribution in [-0.4, -0.2) is 22.1 Å². The molecule has 0 spiro atoms. The number of imide groups is 1. The van der Waals surface area contributed by atoms with E-state index >= 15 is 0 Å². The number of hydrogen-bond acceptors (Lipinski definition) is 4.